The molecule has 0 amide bonds. The van der Waals surface area contributed by atoms with Crippen molar-refractivity contribution in [3.63, 3.8) is 0 Å². The predicted molar refractivity (Wildman–Crippen MR) is 89.3 cm³/mol. The second-order valence-electron chi connectivity index (χ2n) is 5.08. The van der Waals surface area contributed by atoms with Crippen LogP contribution in [0.4, 0.5) is 5.69 Å². The Balaban J connectivity index is 1.57. The molecular formula is C16H17N5O3. The highest BCUT2D eigenvalue weighted by atomic mass is 16.5. The maximum absolute atomic E-state index is 10.5. The molecule has 0 atom stereocenters. The van der Waals surface area contributed by atoms with E-state index in [1.165, 1.54) is 0 Å². The van der Waals surface area contributed by atoms with E-state index >= 15 is 0 Å². The van der Waals surface area contributed by atoms with Crippen LogP contribution in [0.25, 0.3) is 0 Å². The van der Waals surface area contributed by atoms with E-state index in [2.05, 4.69) is 26.9 Å². The summed E-state index contributed by atoms with van der Waals surface area (Å²) < 4.78 is 5.11. The summed E-state index contributed by atoms with van der Waals surface area (Å²) >= 11 is 0. The molecule has 2 aromatic rings. The molecular weight excluding hydrogens is 310 g/mol. The third kappa shape index (κ3) is 4.14. The van der Waals surface area contributed by atoms with Gasteiger partial charge in [0.15, 0.2) is 12.4 Å². The van der Waals surface area contributed by atoms with Gasteiger partial charge in [0.05, 0.1) is 0 Å². The Labute approximate surface area is 138 Å². The predicted octanol–water partition coefficient (Wildman–Crippen LogP) is 1.04. The number of anilines is 1. The lowest BCUT2D eigenvalue weighted by molar-refractivity contribution is -0.139. The molecule has 0 saturated heterocycles. The smallest absolute Gasteiger partial charge is 0.341 e. The number of rotatable bonds is 7. The lowest BCUT2D eigenvalue weighted by Gasteiger charge is -2.09. The van der Waals surface area contributed by atoms with Gasteiger partial charge in [0.2, 0.25) is 0 Å². The number of carbonyl (C=O) groups is 1. The van der Waals surface area contributed by atoms with Gasteiger partial charge in [-0.15, -0.1) is 10.6 Å². The molecule has 0 aromatic heterocycles. The molecule has 0 unspecified atom stereocenters. The lowest BCUT2D eigenvalue weighted by Crippen LogP contribution is -2.35. The van der Waals surface area contributed by atoms with Crippen molar-refractivity contribution in [3.8, 4) is 5.75 Å². The van der Waals surface area contributed by atoms with Crippen molar-refractivity contribution in [2.75, 3.05) is 11.9 Å². The average Bonchev–Trinajstić information content (AvgIpc) is 3.14. The molecule has 0 spiro atoms. The van der Waals surface area contributed by atoms with Crippen molar-refractivity contribution in [1.82, 2.24) is 16.5 Å². The summed E-state index contributed by atoms with van der Waals surface area (Å²) in [5, 5.41) is 16.0. The van der Waals surface area contributed by atoms with Crippen molar-refractivity contribution in [3.05, 3.63) is 59.7 Å². The Bertz CT molecular complexity index is 746. The number of hydrogen-bond donors (Lipinski definition) is 5. The molecule has 8 nitrogen and oxygen atoms in total. The number of hydrazone groups is 1. The minimum atomic E-state index is -0.993. The number of nitrogens with one attached hydrogen (secondary N) is 4. The van der Waals surface area contributed by atoms with Gasteiger partial charge >= 0.3 is 5.97 Å². The highest BCUT2D eigenvalue weighted by Crippen LogP contribution is 2.15. The van der Waals surface area contributed by atoms with Crippen LogP contribution in [0.3, 0.4) is 0 Å². The number of carboxylic acids is 1. The molecule has 0 radical (unpaired) electrons. The van der Waals surface area contributed by atoms with Crippen LogP contribution in [0.15, 0.2) is 53.6 Å². The second-order valence-corrected chi connectivity index (χ2v) is 5.08. The summed E-state index contributed by atoms with van der Waals surface area (Å²) in [5.74, 6) is 0.263. The van der Waals surface area contributed by atoms with Crippen molar-refractivity contribution in [2.45, 2.75) is 6.54 Å². The van der Waals surface area contributed by atoms with Gasteiger partial charge in [-0.2, -0.15) is 0 Å². The highest BCUT2D eigenvalue weighted by Gasteiger charge is 2.07. The van der Waals surface area contributed by atoms with Gasteiger partial charge in [0, 0.05) is 17.8 Å². The van der Waals surface area contributed by atoms with Crippen LogP contribution in [0.5, 0.6) is 5.75 Å². The SMILES string of the molecule is O=C(O)COc1ccc(CNc2cccc(C3=NNNN3)c2)cc1. The molecule has 3 rings (SSSR count). The van der Waals surface area contributed by atoms with Gasteiger partial charge in [-0.3, -0.25) is 5.43 Å². The fraction of sp³-hybridized carbons (Fsp3) is 0.125. The molecule has 1 aliphatic rings. The van der Waals surface area contributed by atoms with Gasteiger partial charge in [-0.25, -0.2) is 10.3 Å². The zero-order valence-corrected chi connectivity index (χ0v) is 12.7. The first-order valence-corrected chi connectivity index (χ1v) is 7.32. The van der Waals surface area contributed by atoms with Crippen molar-refractivity contribution >= 4 is 17.5 Å². The number of aliphatic carboxylic acids is 1. The normalized spacial score (nSPS) is 12.8. The van der Waals surface area contributed by atoms with E-state index in [-0.39, 0.29) is 6.61 Å². The summed E-state index contributed by atoms with van der Waals surface area (Å²) in [6.07, 6.45) is 0. The van der Waals surface area contributed by atoms with Crippen LogP contribution in [-0.2, 0) is 11.3 Å². The Morgan fingerprint density at radius 3 is 2.75 bits per heavy atom. The van der Waals surface area contributed by atoms with Gasteiger partial charge < -0.3 is 15.2 Å². The number of benzene rings is 2. The second kappa shape index (κ2) is 7.34. The van der Waals surface area contributed by atoms with E-state index in [4.69, 9.17) is 9.84 Å². The van der Waals surface area contributed by atoms with E-state index in [9.17, 15) is 4.79 Å². The van der Waals surface area contributed by atoms with Crippen molar-refractivity contribution in [2.24, 2.45) is 5.10 Å². The molecule has 0 bridgehead atoms. The van der Waals surface area contributed by atoms with Gasteiger partial charge in [-0.05, 0) is 29.8 Å². The third-order valence-corrected chi connectivity index (χ3v) is 3.32. The number of amidine groups is 1. The van der Waals surface area contributed by atoms with Crippen molar-refractivity contribution < 1.29 is 14.6 Å². The minimum absolute atomic E-state index is 0.341. The first-order chi connectivity index (χ1) is 11.7. The van der Waals surface area contributed by atoms with Crippen LogP contribution in [0.2, 0.25) is 0 Å². The summed E-state index contributed by atoms with van der Waals surface area (Å²) in [5.41, 5.74) is 11.2. The average molecular weight is 327 g/mol. The summed E-state index contributed by atoms with van der Waals surface area (Å²) in [7, 11) is 0. The van der Waals surface area contributed by atoms with Gasteiger partial charge in [0.25, 0.3) is 0 Å². The monoisotopic (exact) mass is 327 g/mol. The van der Waals surface area contributed by atoms with Crippen LogP contribution >= 0.6 is 0 Å². The topological polar surface area (TPSA) is 107 Å². The van der Waals surface area contributed by atoms with Crippen LogP contribution in [-0.4, -0.2) is 23.5 Å². The fourth-order valence-electron chi connectivity index (χ4n) is 2.16. The standard InChI is InChI=1S/C16H17N5O3/c22-15(23)10-24-14-6-4-11(5-7-14)9-17-13-3-1-2-12(8-13)16-18-20-21-19-16/h1-8,17,20-21H,9-10H2,(H,18,19)(H,22,23). The molecule has 0 aliphatic carbocycles. The van der Waals surface area contributed by atoms with E-state index in [1.54, 1.807) is 12.1 Å². The summed E-state index contributed by atoms with van der Waals surface area (Å²) in [6.45, 7) is 0.297. The largest absolute Gasteiger partial charge is 0.482 e. The lowest BCUT2D eigenvalue weighted by atomic mass is 10.1. The van der Waals surface area contributed by atoms with Crippen molar-refractivity contribution in [1.29, 1.82) is 0 Å². The fourth-order valence-corrected chi connectivity index (χ4v) is 2.16. The quantitative estimate of drug-likeness (QED) is 0.517. The van der Waals surface area contributed by atoms with Gasteiger partial charge in [0.1, 0.15) is 5.75 Å². The van der Waals surface area contributed by atoms with Crippen LogP contribution < -0.4 is 26.5 Å². The zero-order valence-electron chi connectivity index (χ0n) is 12.7. The Morgan fingerprint density at radius 1 is 1.21 bits per heavy atom. The summed E-state index contributed by atoms with van der Waals surface area (Å²) in [4.78, 5) is 10.5. The molecule has 2 aromatic carbocycles. The zero-order chi connectivity index (χ0) is 16.8. The van der Waals surface area contributed by atoms with Gasteiger partial charge in [-0.1, -0.05) is 24.3 Å². The molecule has 24 heavy (non-hydrogen) atoms. The number of carboxylic acid groups (broad SMARTS) is 1. The molecule has 5 N–H and O–H groups in total. The Hall–Kier alpha value is -3.26. The molecule has 0 saturated carbocycles. The molecule has 1 aliphatic heterocycles. The number of hydrogen-bond acceptors (Lipinski definition) is 7. The number of nitrogens with zero attached hydrogens (tertiary/aromatic N) is 1. The molecule has 8 heteroatoms. The Kier molecular flexibility index (Phi) is 4.78. The minimum Gasteiger partial charge on any atom is -0.482 e. The van der Waals surface area contributed by atoms with E-state index in [0.29, 0.717) is 12.3 Å². The van der Waals surface area contributed by atoms with E-state index in [0.717, 1.165) is 22.6 Å². The first kappa shape index (κ1) is 15.6. The number of ether oxygens (including phenoxy) is 1. The maximum Gasteiger partial charge on any atom is 0.341 e. The first-order valence-electron chi connectivity index (χ1n) is 7.32. The maximum atomic E-state index is 10.5. The van der Waals surface area contributed by atoms with E-state index < -0.39 is 5.97 Å². The van der Waals surface area contributed by atoms with E-state index in [1.807, 2.05) is 36.4 Å². The molecule has 0 fully saturated rings. The number of hydrazine groups is 2. The Morgan fingerprint density at radius 2 is 2.04 bits per heavy atom. The summed E-state index contributed by atoms with van der Waals surface area (Å²) in [6, 6.07) is 15.2. The highest BCUT2D eigenvalue weighted by molar-refractivity contribution is 5.99. The van der Waals surface area contributed by atoms with Crippen LogP contribution in [0, 0.1) is 0 Å². The third-order valence-electron chi connectivity index (χ3n) is 3.32. The van der Waals surface area contributed by atoms with Crippen LogP contribution in [0.1, 0.15) is 11.1 Å². The molecule has 1 heterocycles. The molecule has 124 valence electrons.